The number of benzene rings is 1. The normalized spacial score (nSPS) is 9.35. The molecule has 0 saturated carbocycles. The van der Waals surface area contributed by atoms with E-state index in [1.165, 1.54) is 19.1 Å². The van der Waals surface area contributed by atoms with E-state index in [-0.39, 0.29) is 11.6 Å². The van der Waals surface area contributed by atoms with Gasteiger partial charge in [0.05, 0.1) is 10.7 Å². The van der Waals surface area contributed by atoms with Gasteiger partial charge in [0, 0.05) is 25.5 Å². The van der Waals surface area contributed by atoms with Crippen molar-refractivity contribution in [2.75, 3.05) is 12.3 Å². The summed E-state index contributed by atoms with van der Waals surface area (Å²) in [5.74, 6) is 4.86. The Morgan fingerprint density at radius 1 is 1.59 bits per heavy atom. The largest absolute Gasteiger partial charge is 0.396 e. The second kappa shape index (κ2) is 6.12. The second-order valence-electron chi connectivity index (χ2n) is 3.39. The molecule has 0 fully saturated rings. The summed E-state index contributed by atoms with van der Waals surface area (Å²) >= 11 is 5.85. The molecule has 0 aromatic heterocycles. The summed E-state index contributed by atoms with van der Waals surface area (Å²) in [5.41, 5.74) is 5.73. The lowest BCUT2D eigenvalue weighted by atomic mass is 10.2. The van der Waals surface area contributed by atoms with E-state index < -0.39 is 5.82 Å². The van der Waals surface area contributed by atoms with Gasteiger partial charge in [-0.1, -0.05) is 23.4 Å². The first kappa shape index (κ1) is 13.3. The Morgan fingerprint density at radius 3 is 2.94 bits per heavy atom. The van der Waals surface area contributed by atoms with Crippen LogP contribution < -0.4 is 11.1 Å². The van der Waals surface area contributed by atoms with Crippen molar-refractivity contribution in [2.24, 2.45) is 0 Å². The van der Waals surface area contributed by atoms with Gasteiger partial charge < -0.3 is 11.1 Å². The maximum atomic E-state index is 13.1. The van der Waals surface area contributed by atoms with Gasteiger partial charge in [-0.15, -0.1) is 0 Å². The van der Waals surface area contributed by atoms with Crippen LogP contribution in [0.15, 0.2) is 12.1 Å². The van der Waals surface area contributed by atoms with Crippen LogP contribution >= 0.6 is 11.6 Å². The third-order valence-corrected chi connectivity index (χ3v) is 2.25. The molecular formula is C12H12ClFN2O. The summed E-state index contributed by atoms with van der Waals surface area (Å²) < 4.78 is 13.1. The standard InChI is InChI=1S/C12H12ClFN2O/c1-8(17)16-5-3-2-4-9-6-11(14)12(15)7-10(9)13/h6-7H,3,5,15H2,1H3,(H,16,17). The number of nitrogens with one attached hydrogen (secondary N) is 1. The van der Waals surface area contributed by atoms with Gasteiger partial charge in [-0.3, -0.25) is 4.79 Å². The molecule has 1 rings (SSSR count). The summed E-state index contributed by atoms with van der Waals surface area (Å²) in [6, 6.07) is 2.53. The van der Waals surface area contributed by atoms with Crippen LogP contribution in [0.3, 0.4) is 0 Å². The summed E-state index contributed by atoms with van der Waals surface area (Å²) in [5, 5.41) is 2.91. The number of rotatable bonds is 2. The molecule has 0 bridgehead atoms. The van der Waals surface area contributed by atoms with Crippen molar-refractivity contribution in [2.45, 2.75) is 13.3 Å². The Balaban J connectivity index is 2.66. The number of nitrogen functional groups attached to an aromatic ring is 1. The van der Waals surface area contributed by atoms with Gasteiger partial charge in [0.1, 0.15) is 5.82 Å². The monoisotopic (exact) mass is 254 g/mol. The molecule has 0 aliphatic rings. The van der Waals surface area contributed by atoms with Gasteiger partial charge in [-0.2, -0.15) is 0 Å². The van der Waals surface area contributed by atoms with E-state index in [4.69, 9.17) is 17.3 Å². The van der Waals surface area contributed by atoms with Gasteiger partial charge in [0.2, 0.25) is 5.91 Å². The Bertz CT molecular complexity index is 491. The number of hydrogen-bond donors (Lipinski definition) is 2. The zero-order chi connectivity index (χ0) is 12.8. The molecule has 0 aliphatic heterocycles. The molecule has 3 nitrogen and oxygen atoms in total. The molecule has 0 atom stereocenters. The Labute approximate surface area is 104 Å². The van der Waals surface area contributed by atoms with Crippen molar-refractivity contribution in [3.05, 3.63) is 28.5 Å². The minimum absolute atomic E-state index is 0.00111. The molecule has 90 valence electrons. The van der Waals surface area contributed by atoms with Crippen molar-refractivity contribution in [1.82, 2.24) is 5.32 Å². The third-order valence-electron chi connectivity index (χ3n) is 1.93. The van der Waals surface area contributed by atoms with Gasteiger partial charge in [0.15, 0.2) is 0 Å². The molecule has 0 saturated heterocycles. The van der Waals surface area contributed by atoms with Crippen LogP contribution in [0, 0.1) is 17.7 Å². The molecule has 0 unspecified atom stereocenters. The fourth-order valence-electron chi connectivity index (χ4n) is 1.12. The third kappa shape index (κ3) is 4.33. The fraction of sp³-hybridized carbons (Fsp3) is 0.250. The molecule has 0 aliphatic carbocycles. The quantitative estimate of drug-likeness (QED) is 0.481. The van der Waals surface area contributed by atoms with Crippen LogP contribution in [-0.2, 0) is 4.79 Å². The lowest BCUT2D eigenvalue weighted by Gasteiger charge is -2.00. The zero-order valence-electron chi connectivity index (χ0n) is 9.31. The molecule has 1 aromatic carbocycles. The van der Waals surface area contributed by atoms with E-state index in [1.54, 1.807) is 0 Å². The fourth-order valence-corrected chi connectivity index (χ4v) is 1.34. The Morgan fingerprint density at radius 2 is 2.29 bits per heavy atom. The molecular weight excluding hydrogens is 243 g/mol. The van der Waals surface area contributed by atoms with Crippen LogP contribution in [0.25, 0.3) is 0 Å². The highest BCUT2D eigenvalue weighted by Gasteiger charge is 2.03. The van der Waals surface area contributed by atoms with E-state index in [0.717, 1.165) is 0 Å². The van der Waals surface area contributed by atoms with Crippen molar-refractivity contribution < 1.29 is 9.18 Å². The highest BCUT2D eigenvalue weighted by Crippen LogP contribution is 2.21. The van der Waals surface area contributed by atoms with E-state index in [1.807, 2.05) is 0 Å². The molecule has 17 heavy (non-hydrogen) atoms. The number of halogens is 2. The lowest BCUT2D eigenvalue weighted by molar-refractivity contribution is -0.118. The molecule has 0 heterocycles. The van der Waals surface area contributed by atoms with Gasteiger partial charge >= 0.3 is 0 Å². The number of hydrogen-bond acceptors (Lipinski definition) is 2. The van der Waals surface area contributed by atoms with Gasteiger partial charge in [-0.05, 0) is 12.1 Å². The first-order chi connectivity index (χ1) is 8.00. The molecule has 3 N–H and O–H groups in total. The van der Waals surface area contributed by atoms with E-state index >= 15 is 0 Å². The smallest absolute Gasteiger partial charge is 0.216 e. The maximum absolute atomic E-state index is 13.1. The maximum Gasteiger partial charge on any atom is 0.216 e. The van der Waals surface area contributed by atoms with Gasteiger partial charge in [-0.25, -0.2) is 4.39 Å². The van der Waals surface area contributed by atoms with Crippen molar-refractivity contribution in [3.63, 3.8) is 0 Å². The van der Waals surface area contributed by atoms with Crippen molar-refractivity contribution >= 4 is 23.2 Å². The molecule has 1 amide bonds. The van der Waals surface area contributed by atoms with Crippen LogP contribution in [0.1, 0.15) is 18.9 Å². The SMILES string of the molecule is CC(=O)NCCC#Cc1cc(F)c(N)cc1Cl. The molecule has 0 radical (unpaired) electrons. The van der Waals surface area contributed by atoms with E-state index in [0.29, 0.717) is 23.6 Å². The van der Waals surface area contributed by atoms with Gasteiger partial charge in [0.25, 0.3) is 0 Å². The highest BCUT2D eigenvalue weighted by atomic mass is 35.5. The summed E-state index contributed by atoms with van der Waals surface area (Å²) in [6.07, 6.45) is 0.474. The number of amides is 1. The minimum Gasteiger partial charge on any atom is -0.396 e. The number of anilines is 1. The Kier molecular flexibility index (Phi) is 4.80. The number of nitrogens with two attached hydrogens (primary N) is 1. The Hall–Kier alpha value is -1.73. The van der Waals surface area contributed by atoms with E-state index in [2.05, 4.69) is 17.2 Å². The van der Waals surface area contributed by atoms with Crippen molar-refractivity contribution in [3.8, 4) is 11.8 Å². The lowest BCUT2D eigenvalue weighted by Crippen LogP contribution is -2.20. The first-order valence-corrected chi connectivity index (χ1v) is 5.36. The molecule has 0 spiro atoms. The van der Waals surface area contributed by atoms with Crippen LogP contribution in [0.4, 0.5) is 10.1 Å². The predicted octanol–water partition coefficient (Wildman–Crippen LogP) is 1.94. The van der Waals surface area contributed by atoms with Crippen molar-refractivity contribution in [1.29, 1.82) is 0 Å². The number of carbonyl (C=O) groups excluding carboxylic acids is 1. The first-order valence-electron chi connectivity index (χ1n) is 4.98. The average molecular weight is 255 g/mol. The topological polar surface area (TPSA) is 55.1 Å². The highest BCUT2D eigenvalue weighted by molar-refractivity contribution is 6.32. The number of carbonyl (C=O) groups is 1. The summed E-state index contributed by atoms with van der Waals surface area (Å²) in [6.45, 7) is 1.89. The molecule has 1 aromatic rings. The summed E-state index contributed by atoms with van der Waals surface area (Å²) in [4.78, 5) is 10.6. The van der Waals surface area contributed by atoms with Crippen LogP contribution in [0.2, 0.25) is 5.02 Å². The molecule has 5 heteroatoms. The average Bonchev–Trinajstić information content (AvgIpc) is 2.24. The zero-order valence-corrected chi connectivity index (χ0v) is 10.1. The van der Waals surface area contributed by atoms with Crippen LogP contribution in [0.5, 0.6) is 0 Å². The van der Waals surface area contributed by atoms with E-state index in [9.17, 15) is 9.18 Å². The van der Waals surface area contributed by atoms with Crippen LogP contribution in [-0.4, -0.2) is 12.5 Å². The second-order valence-corrected chi connectivity index (χ2v) is 3.80. The summed E-state index contributed by atoms with van der Waals surface area (Å²) in [7, 11) is 0. The minimum atomic E-state index is -0.541. The predicted molar refractivity (Wildman–Crippen MR) is 66.0 cm³/mol.